The molecule has 0 amide bonds. The predicted molar refractivity (Wildman–Crippen MR) is 72.9 cm³/mol. The first kappa shape index (κ1) is 14.0. The van der Waals surface area contributed by atoms with E-state index in [1.54, 1.807) is 12.1 Å². The van der Waals surface area contributed by atoms with Crippen molar-refractivity contribution < 1.29 is 10.0 Å². The van der Waals surface area contributed by atoms with Crippen LogP contribution in [0.1, 0.15) is 31.4 Å². The highest BCUT2D eigenvalue weighted by Gasteiger charge is 2.19. The molecule has 5 heteroatoms. The van der Waals surface area contributed by atoms with Gasteiger partial charge in [0, 0.05) is 18.7 Å². The summed E-state index contributed by atoms with van der Waals surface area (Å²) >= 11 is 0. The molecule has 1 aliphatic rings. The molecule has 1 fully saturated rings. The summed E-state index contributed by atoms with van der Waals surface area (Å²) in [5.41, 5.74) is 0.798. The van der Waals surface area contributed by atoms with Gasteiger partial charge in [0.15, 0.2) is 0 Å². The smallest absolute Gasteiger partial charge is 0.269 e. The molecule has 0 spiro atoms. The highest BCUT2D eigenvalue weighted by molar-refractivity contribution is 5.33. The average molecular weight is 264 g/mol. The normalized spacial score (nSPS) is 19.3. The SMILES string of the molecule is CC1CCN(CC(O)c2ccc([N+](=O)[O-])cc2)CC1. The van der Waals surface area contributed by atoms with E-state index in [0.717, 1.165) is 24.6 Å². The number of nitro benzene ring substituents is 1. The maximum atomic E-state index is 10.6. The van der Waals surface area contributed by atoms with Crippen LogP contribution in [0.3, 0.4) is 0 Å². The number of nitro groups is 1. The van der Waals surface area contributed by atoms with Crippen LogP contribution >= 0.6 is 0 Å². The number of rotatable bonds is 4. The van der Waals surface area contributed by atoms with Crippen LogP contribution in [0.5, 0.6) is 0 Å². The molecule has 1 N–H and O–H groups in total. The van der Waals surface area contributed by atoms with Crippen LogP contribution in [0.4, 0.5) is 5.69 Å². The standard InChI is InChI=1S/C14H20N2O3/c1-11-6-8-15(9-7-11)10-14(17)12-2-4-13(5-3-12)16(18)19/h2-5,11,14,17H,6-10H2,1H3. The van der Waals surface area contributed by atoms with E-state index in [1.165, 1.54) is 25.0 Å². The van der Waals surface area contributed by atoms with Crippen LogP contribution < -0.4 is 0 Å². The number of likely N-dealkylation sites (tertiary alicyclic amines) is 1. The molecule has 19 heavy (non-hydrogen) atoms. The maximum absolute atomic E-state index is 10.6. The number of piperidine rings is 1. The molecule has 5 nitrogen and oxygen atoms in total. The van der Waals surface area contributed by atoms with Gasteiger partial charge in [-0.15, -0.1) is 0 Å². The van der Waals surface area contributed by atoms with Crippen LogP contribution in [0.2, 0.25) is 0 Å². The van der Waals surface area contributed by atoms with E-state index in [1.807, 2.05) is 0 Å². The maximum Gasteiger partial charge on any atom is 0.269 e. The van der Waals surface area contributed by atoms with Gasteiger partial charge >= 0.3 is 0 Å². The zero-order valence-corrected chi connectivity index (χ0v) is 11.2. The summed E-state index contributed by atoms with van der Waals surface area (Å²) in [6.07, 6.45) is 1.77. The first-order valence-electron chi connectivity index (χ1n) is 6.71. The van der Waals surface area contributed by atoms with Gasteiger partial charge in [-0.25, -0.2) is 0 Å². The lowest BCUT2D eigenvalue weighted by molar-refractivity contribution is -0.384. The van der Waals surface area contributed by atoms with Crippen LogP contribution in [0.15, 0.2) is 24.3 Å². The minimum atomic E-state index is -0.575. The van der Waals surface area contributed by atoms with Gasteiger partial charge in [0.25, 0.3) is 5.69 Å². The number of nitrogens with zero attached hydrogens (tertiary/aromatic N) is 2. The van der Waals surface area contributed by atoms with Gasteiger partial charge in [0.1, 0.15) is 0 Å². The van der Waals surface area contributed by atoms with Crippen LogP contribution in [-0.2, 0) is 0 Å². The van der Waals surface area contributed by atoms with E-state index < -0.39 is 11.0 Å². The van der Waals surface area contributed by atoms with Crippen molar-refractivity contribution >= 4 is 5.69 Å². The number of aliphatic hydroxyl groups excluding tert-OH is 1. The highest BCUT2D eigenvalue weighted by atomic mass is 16.6. The number of benzene rings is 1. The van der Waals surface area contributed by atoms with Crippen molar-refractivity contribution in [3.05, 3.63) is 39.9 Å². The number of β-amino-alcohol motifs (C(OH)–C–C–N with tert-alkyl or cyclic N) is 1. The van der Waals surface area contributed by atoms with Gasteiger partial charge in [-0.05, 0) is 49.5 Å². The molecule has 1 unspecified atom stereocenters. The van der Waals surface area contributed by atoms with E-state index >= 15 is 0 Å². The number of non-ortho nitro benzene ring substituents is 1. The molecule has 1 saturated heterocycles. The Bertz CT molecular complexity index is 425. The summed E-state index contributed by atoms with van der Waals surface area (Å²) in [7, 11) is 0. The second kappa shape index (κ2) is 6.12. The van der Waals surface area contributed by atoms with Crippen molar-refractivity contribution in [2.45, 2.75) is 25.9 Å². The largest absolute Gasteiger partial charge is 0.387 e. The Kier molecular flexibility index (Phi) is 4.50. The van der Waals surface area contributed by atoms with E-state index in [4.69, 9.17) is 0 Å². The molecule has 1 atom stereocenters. The molecule has 104 valence electrons. The average Bonchev–Trinajstić information content (AvgIpc) is 2.41. The first-order valence-corrected chi connectivity index (χ1v) is 6.71. The summed E-state index contributed by atoms with van der Waals surface area (Å²) in [5, 5.41) is 20.7. The van der Waals surface area contributed by atoms with E-state index in [-0.39, 0.29) is 5.69 Å². The van der Waals surface area contributed by atoms with Gasteiger partial charge in [-0.1, -0.05) is 6.92 Å². The number of aliphatic hydroxyl groups is 1. The third-order valence-electron chi connectivity index (χ3n) is 3.80. The fourth-order valence-corrected chi connectivity index (χ4v) is 2.41. The third-order valence-corrected chi connectivity index (χ3v) is 3.80. The molecule has 2 rings (SSSR count). The zero-order chi connectivity index (χ0) is 13.8. The fraction of sp³-hybridized carbons (Fsp3) is 0.571. The van der Waals surface area contributed by atoms with Crippen LogP contribution in [0, 0.1) is 16.0 Å². The molecule has 1 aromatic carbocycles. The lowest BCUT2D eigenvalue weighted by Gasteiger charge is -2.31. The quantitative estimate of drug-likeness (QED) is 0.669. The molecule has 1 aliphatic heterocycles. The van der Waals surface area contributed by atoms with Crippen molar-refractivity contribution in [2.75, 3.05) is 19.6 Å². The second-order valence-corrected chi connectivity index (χ2v) is 5.35. The van der Waals surface area contributed by atoms with Gasteiger partial charge in [0.05, 0.1) is 11.0 Å². The molecule has 0 bridgehead atoms. The van der Waals surface area contributed by atoms with Gasteiger partial charge < -0.3 is 10.0 Å². The molecule has 0 aliphatic carbocycles. The van der Waals surface area contributed by atoms with E-state index in [0.29, 0.717) is 6.54 Å². The molecule has 0 saturated carbocycles. The predicted octanol–water partition coefficient (Wildman–Crippen LogP) is 2.36. The minimum absolute atomic E-state index is 0.0581. The summed E-state index contributed by atoms with van der Waals surface area (Å²) in [6.45, 7) is 4.89. The van der Waals surface area contributed by atoms with Crippen molar-refractivity contribution in [3.63, 3.8) is 0 Å². The number of hydrogen-bond acceptors (Lipinski definition) is 4. The Morgan fingerprint density at radius 1 is 1.37 bits per heavy atom. The van der Waals surface area contributed by atoms with Crippen molar-refractivity contribution in [1.29, 1.82) is 0 Å². The van der Waals surface area contributed by atoms with Crippen molar-refractivity contribution in [3.8, 4) is 0 Å². The van der Waals surface area contributed by atoms with Gasteiger partial charge in [-0.3, -0.25) is 10.1 Å². The zero-order valence-electron chi connectivity index (χ0n) is 11.2. The minimum Gasteiger partial charge on any atom is -0.387 e. The van der Waals surface area contributed by atoms with Gasteiger partial charge in [0.2, 0.25) is 0 Å². The Labute approximate surface area is 113 Å². The molecular weight excluding hydrogens is 244 g/mol. The fourth-order valence-electron chi connectivity index (χ4n) is 2.41. The Morgan fingerprint density at radius 3 is 2.47 bits per heavy atom. The van der Waals surface area contributed by atoms with Crippen LogP contribution in [-0.4, -0.2) is 34.6 Å². The van der Waals surface area contributed by atoms with E-state index in [2.05, 4.69) is 11.8 Å². The molecule has 0 aromatic heterocycles. The molecular formula is C14H20N2O3. The summed E-state index contributed by atoms with van der Waals surface area (Å²) < 4.78 is 0. The van der Waals surface area contributed by atoms with Crippen molar-refractivity contribution in [1.82, 2.24) is 4.90 Å². The summed E-state index contributed by atoms with van der Waals surface area (Å²) in [4.78, 5) is 12.4. The Morgan fingerprint density at radius 2 is 1.95 bits per heavy atom. The van der Waals surface area contributed by atoms with E-state index in [9.17, 15) is 15.2 Å². The molecule has 1 heterocycles. The lowest BCUT2D eigenvalue weighted by atomic mass is 9.98. The summed E-state index contributed by atoms with van der Waals surface area (Å²) in [5.74, 6) is 0.771. The van der Waals surface area contributed by atoms with Crippen molar-refractivity contribution in [2.24, 2.45) is 5.92 Å². The highest BCUT2D eigenvalue weighted by Crippen LogP contribution is 2.21. The third kappa shape index (κ3) is 3.75. The lowest BCUT2D eigenvalue weighted by Crippen LogP contribution is -2.35. The molecule has 0 radical (unpaired) electrons. The topological polar surface area (TPSA) is 66.6 Å². The Balaban J connectivity index is 1.92. The molecule has 1 aromatic rings. The number of hydrogen-bond donors (Lipinski definition) is 1. The summed E-state index contributed by atoms with van der Waals surface area (Å²) in [6, 6.07) is 6.15. The Hall–Kier alpha value is -1.46. The first-order chi connectivity index (χ1) is 9.06. The second-order valence-electron chi connectivity index (χ2n) is 5.35. The van der Waals surface area contributed by atoms with Gasteiger partial charge in [-0.2, -0.15) is 0 Å². The monoisotopic (exact) mass is 264 g/mol. The van der Waals surface area contributed by atoms with Crippen LogP contribution in [0.25, 0.3) is 0 Å².